The van der Waals surface area contributed by atoms with Gasteiger partial charge in [-0.25, -0.2) is 9.97 Å². The highest BCUT2D eigenvalue weighted by Crippen LogP contribution is 2.14. The third-order valence-corrected chi connectivity index (χ3v) is 2.78. The van der Waals surface area contributed by atoms with Gasteiger partial charge in [0.15, 0.2) is 0 Å². The summed E-state index contributed by atoms with van der Waals surface area (Å²) in [6.07, 6.45) is 6.87. The molecule has 15 heavy (non-hydrogen) atoms. The molecule has 1 rings (SSSR count). The lowest BCUT2D eigenvalue weighted by molar-refractivity contribution is 0.214. The van der Waals surface area contributed by atoms with E-state index in [1.54, 1.807) is 12.4 Å². The van der Waals surface area contributed by atoms with Gasteiger partial charge in [-0.1, -0.05) is 6.92 Å². The van der Waals surface area contributed by atoms with Crippen molar-refractivity contribution in [3.05, 3.63) is 24.3 Å². The fourth-order valence-electron chi connectivity index (χ4n) is 1.37. The Labute approximate surface area is 90.8 Å². The van der Waals surface area contributed by atoms with Crippen LogP contribution in [0.25, 0.3) is 0 Å². The molecule has 2 N–H and O–H groups in total. The van der Waals surface area contributed by atoms with Gasteiger partial charge in [0.2, 0.25) is 0 Å². The van der Waals surface area contributed by atoms with E-state index in [0.29, 0.717) is 0 Å². The minimum absolute atomic E-state index is 0.00933. The van der Waals surface area contributed by atoms with Crippen LogP contribution in [-0.2, 0) is 6.54 Å². The molecule has 0 aliphatic rings. The summed E-state index contributed by atoms with van der Waals surface area (Å²) < 4.78 is 0. The molecule has 4 heteroatoms. The molecule has 0 saturated heterocycles. The Bertz CT molecular complexity index is 278. The first kappa shape index (κ1) is 12.1. The minimum atomic E-state index is -0.00933. The molecule has 0 saturated carbocycles. The van der Waals surface area contributed by atoms with Crippen LogP contribution in [0, 0.1) is 0 Å². The number of rotatable bonds is 6. The van der Waals surface area contributed by atoms with Gasteiger partial charge < -0.3 is 10.4 Å². The topological polar surface area (TPSA) is 58.0 Å². The Morgan fingerprint density at radius 3 is 2.60 bits per heavy atom. The second-order valence-corrected chi connectivity index (χ2v) is 3.99. The number of aliphatic hydroxyl groups excluding tert-OH is 1. The van der Waals surface area contributed by atoms with Crippen LogP contribution in [0.2, 0.25) is 0 Å². The lowest BCUT2D eigenvalue weighted by atomic mass is 9.95. The molecule has 1 heterocycles. The SMILES string of the molecule is CCC(C)(CCO)NCc1cncnc1. The van der Waals surface area contributed by atoms with Crippen LogP contribution in [0.15, 0.2) is 18.7 Å². The summed E-state index contributed by atoms with van der Waals surface area (Å²) in [5.41, 5.74) is 1.06. The third kappa shape index (κ3) is 3.93. The fourth-order valence-corrected chi connectivity index (χ4v) is 1.37. The number of aliphatic hydroxyl groups is 1. The van der Waals surface area contributed by atoms with E-state index in [0.717, 1.165) is 24.9 Å². The minimum Gasteiger partial charge on any atom is -0.396 e. The lowest BCUT2D eigenvalue weighted by Gasteiger charge is -2.29. The molecule has 0 spiro atoms. The zero-order valence-electron chi connectivity index (χ0n) is 9.40. The molecule has 0 amide bonds. The summed E-state index contributed by atoms with van der Waals surface area (Å²) in [6.45, 7) is 5.19. The Morgan fingerprint density at radius 1 is 1.40 bits per heavy atom. The number of nitrogens with zero attached hydrogens (tertiary/aromatic N) is 2. The predicted molar refractivity (Wildman–Crippen MR) is 59.3 cm³/mol. The normalized spacial score (nSPS) is 14.9. The summed E-state index contributed by atoms with van der Waals surface area (Å²) in [5, 5.41) is 12.4. The van der Waals surface area contributed by atoms with Crippen LogP contribution in [-0.4, -0.2) is 27.2 Å². The molecule has 0 fully saturated rings. The summed E-state index contributed by atoms with van der Waals surface area (Å²) >= 11 is 0. The van der Waals surface area contributed by atoms with E-state index < -0.39 is 0 Å². The summed E-state index contributed by atoms with van der Waals surface area (Å²) in [6, 6.07) is 0. The van der Waals surface area contributed by atoms with Gasteiger partial charge in [-0.15, -0.1) is 0 Å². The standard InChI is InChI=1S/C11H19N3O/c1-3-11(2,4-5-15)14-8-10-6-12-9-13-7-10/h6-7,9,14-15H,3-5,8H2,1-2H3. The van der Waals surface area contributed by atoms with Crippen molar-refractivity contribution in [3.8, 4) is 0 Å². The number of aromatic nitrogens is 2. The van der Waals surface area contributed by atoms with Crippen LogP contribution >= 0.6 is 0 Å². The highest BCUT2D eigenvalue weighted by Gasteiger charge is 2.20. The van der Waals surface area contributed by atoms with Gasteiger partial charge in [-0.05, 0) is 19.8 Å². The van der Waals surface area contributed by atoms with Gasteiger partial charge >= 0.3 is 0 Å². The highest BCUT2D eigenvalue weighted by molar-refractivity contribution is 5.02. The molecular formula is C11H19N3O. The fraction of sp³-hybridized carbons (Fsp3) is 0.636. The molecule has 1 aromatic heterocycles. The van der Waals surface area contributed by atoms with Crippen molar-refractivity contribution in [1.82, 2.24) is 15.3 Å². The maximum Gasteiger partial charge on any atom is 0.115 e. The van der Waals surface area contributed by atoms with Crippen molar-refractivity contribution in [2.75, 3.05) is 6.61 Å². The van der Waals surface area contributed by atoms with Gasteiger partial charge in [0.1, 0.15) is 6.33 Å². The second-order valence-electron chi connectivity index (χ2n) is 3.99. The monoisotopic (exact) mass is 209 g/mol. The maximum absolute atomic E-state index is 8.97. The van der Waals surface area contributed by atoms with E-state index in [9.17, 15) is 0 Å². The van der Waals surface area contributed by atoms with Gasteiger partial charge in [0, 0.05) is 36.6 Å². The molecule has 0 radical (unpaired) electrons. The summed E-state index contributed by atoms with van der Waals surface area (Å²) in [4.78, 5) is 7.91. The van der Waals surface area contributed by atoms with Crippen molar-refractivity contribution in [3.63, 3.8) is 0 Å². The van der Waals surface area contributed by atoms with Gasteiger partial charge in [0.05, 0.1) is 0 Å². The molecule has 0 bridgehead atoms. The molecule has 0 aliphatic carbocycles. The summed E-state index contributed by atoms with van der Waals surface area (Å²) in [5.74, 6) is 0. The molecule has 84 valence electrons. The van der Waals surface area contributed by atoms with Gasteiger partial charge in [0.25, 0.3) is 0 Å². The van der Waals surface area contributed by atoms with Crippen molar-refractivity contribution >= 4 is 0 Å². The van der Waals surface area contributed by atoms with E-state index >= 15 is 0 Å². The molecule has 0 aromatic carbocycles. The first-order chi connectivity index (χ1) is 7.20. The Morgan fingerprint density at radius 2 is 2.07 bits per heavy atom. The first-order valence-corrected chi connectivity index (χ1v) is 5.30. The molecule has 0 aliphatic heterocycles. The quantitative estimate of drug-likeness (QED) is 0.737. The van der Waals surface area contributed by atoms with Crippen LogP contribution in [0.4, 0.5) is 0 Å². The summed E-state index contributed by atoms with van der Waals surface area (Å²) in [7, 11) is 0. The van der Waals surface area contributed by atoms with Crippen molar-refractivity contribution < 1.29 is 5.11 Å². The Kier molecular flexibility index (Phi) is 4.65. The number of nitrogens with one attached hydrogen (secondary N) is 1. The van der Waals surface area contributed by atoms with Gasteiger partial charge in [-0.2, -0.15) is 0 Å². The third-order valence-electron chi connectivity index (χ3n) is 2.78. The van der Waals surface area contributed by atoms with E-state index in [1.165, 1.54) is 6.33 Å². The molecule has 1 unspecified atom stereocenters. The van der Waals surface area contributed by atoms with Crippen LogP contribution in [0.1, 0.15) is 32.3 Å². The smallest absolute Gasteiger partial charge is 0.115 e. The molecular weight excluding hydrogens is 190 g/mol. The van der Waals surface area contributed by atoms with E-state index in [2.05, 4.69) is 29.1 Å². The zero-order valence-corrected chi connectivity index (χ0v) is 9.40. The molecule has 4 nitrogen and oxygen atoms in total. The van der Waals surface area contributed by atoms with Crippen molar-refractivity contribution in [2.45, 2.75) is 38.8 Å². The van der Waals surface area contributed by atoms with Crippen molar-refractivity contribution in [2.24, 2.45) is 0 Å². The Hall–Kier alpha value is -1.00. The largest absolute Gasteiger partial charge is 0.396 e. The van der Waals surface area contributed by atoms with Crippen LogP contribution in [0.3, 0.4) is 0 Å². The highest BCUT2D eigenvalue weighted by atomic mass is 16.3. The van der Waals surface area contributed by atoms with Crippen LogP contribution < -0.4 is 5.32 Å². The average molecular weight is 209 g/mol. The van der Waals surface area contributed by atoms with Gasteiger partial charge in [-0.3, -0.25) is 0 Å². The average Bonchev–Trinajstić information content (AvgIpc) is 2.28. The second kappa shape index (κ2) is 5.78. The zero-order chi connectivity index (χ0) is 11.1. The molecule has 1 atom stereocenters. The number of hydrogen-bond acceptors (Lipinski definition) is 4. The number of hydrogen-bond donors (Lipinski definition) is 2. The maximum atomic E-state index is 8.97. The van der Waals surface area contributed by atoms with E-state index in [-0.39, 0.29) is 12.1 Å². The Balaban J connectivity index is 2.47. The van der Waals surface area contributed by atoms with E-state index in [1.807, 2.05) is 0 Å². The molecule has 1 aromatic rings. The lowest BCUT2D eigenvalue weighted by Crippen LogP contribution is -2.42. The van der Waals surface area contributed by atoms with Crippen LogP contribution in [0.5, 0.6) is 0 Å². The van der Waals surface area contributed by atoms with E-state index in [4.69, 9.17) is 5.11 Å². The first-order valence-electron chi connectivity index (χ1n) is 5.30. The predicted octanol–water partition coefficient (Wildman–Crippen LogP) is 1.12. The van der Waals surface area contributed by atoms with Crippen molar-refractivity contribution in [1.29, 1.82) is 0 Å².